The normalized spacial score (nSPS) is 11.0. The molecule has 4 aromatic rings. The van der Waals surface area contributed by atoms with Crippen molar-refractivity contribution in [3.05, 3.63) is 103 Å². The summed E-state index contributed by atoms with van der Waals surface area (Å²) in [6, 6.07) is 25.6. The van der Waals surface area contributed by atoms with Crippen LogP contribution in [0.4, 0.5) is 11.4 Å². The van der Waals surface area contributed by atoms with E-state index >= 15 is 0 Å². The molecule has 0 aliphatic heterocycles. The maximum atomic E-state index is 4.73. The Kier molecular flexibility index (Phi) is 4.85. The standard InChI is InChI=1S/C24H19N4/c1-3-21-23(4-2)28(20-13-9-6-10-14-20)24-17-19(15-16-22(24)25-21)27-26-18-11-7-5-8-12-18/h3-17H,1-2H2/q+1. The van der Waals surface area contributed by atoms with E-state index in [2.05, 4.69) is 40.1 Å². The lowest BCUT2D eigenvalue weighted by Crippen LogP contribution is -2.36. The van der Waals surface area contributed by atoms with Gasteiger partial charge in [-0.2, -0.15) is 10.2 Å². The van der Waals surface area contributed by atoms with Gasteiger partial charge in [-0.1, -0.05) is 49.6 Å². The molecule has 0 spiro atoms. The molecular formula is C24H19N4+. The second-order valence-electron chi connectivity index (χ2n) is 6.17. The highest BCUT2D eigenvalue weighted by Crippen LogP contribution is 2.23. The van der Waals surface area contributed by atoms with Gasteiger partial charge >= 0.3 is 0 Å². The van der Waals surface area contributed by atoms with Crippen molar-refractivity contribution in [3.63, 3.8) is 0 Å². The van der Waals surface area contributed by atoms with E-state index in [-0.39, 0.29) is 0 Å². The zero-order valence-electron chi connectivity index (χ0n) is 15.4. The Labute approximate surface area is 163 Å². The van der Waals surface area contributed by atoms with Crippen LogP contribution in [0.5, 0.6) is 0 Å². The molecule has 0 fully saturated rings. The first-order valence-corrected chi connectivity index (χ1v) is 8.97. The van der Waals surface area contributed by atoms with Crippen LogP contribution >= 0.6 is 0 Å². The van der Waals surface area contributed by atoms with Gasteiger partial charge in [0.15, 0.2) is 0 Å². The van der Waals surface area contributed by atoms with E-state index in [0.29, 0.717) is 0 Å². The third kappa shape index (κ3) is 3.35. The molecule has 1 heterocycles. The monoisotopic (exact) mass is 363 g/mol. The van der Waals surface area contributed by atoms with E-state index in [1.54, 1.807) is 12.2 Å². The van der Waals surface area contributed by atoms with Crippen LogP contribution in [0.15, 0.2) is 102 Å². The van der Waals surface area contributed by atoms with E-state index in [1.165, 1.54) is 0 Å². The lowest BCUT2D eigenvalue weighted by molar-refractivity contribution is -0.569. The molecule has 0 amide bonds. The predicted molar refractivity (Wildman–Crippen MR) is 114 cm³/mol. The lowest BCUT2D eigenvalue weighted by Gasteiger charge is -2.07. The van der Waals surface area contributed by atoms with E-state index in [9.17, 15) is 0 Å². The Morgan fingerprint density at radius 1 is 0.750 bits per heavy atom. The second kappa shape index (κ2) is 7.76. The number of nitrogens with zero attached hydrogens (tertiary/aromatic N) is 4. The first-order valence-electron chi connectivity index (χ1n) is 8.97. The summed E-state index contributed by atoms with van der Waals surface area (Å²) in [6.07, 6.45) is 3.55. The van der Waals surface area contributed by atoms with Crippen LogP contribution < -0.4 is 4.57 Å². The quantitative estimate of drug-likeness (QED) is 0.307. The molecule has 0 atom stereocenters. The first-order chi connectivity index (χ1) is 13.8. The van der Waals surface area contributed by atoms with Crippen molar-refractivity contribution in [1.82, 2.24) is 4.98 Å². The van der Waals surface area contributed by atoms with Crippen molar-refractivity contribution in [1.29, 1.82) is 0 Å². The van der Waals surface area contributed by atoms with Crippen molar-refractivity contribution in [2.75, 3.05) is 0 Å². The molecule has 4 rings (SSSR count). The topological polar surface area (TPSA) is 41.5 Å². The smallest absolute Gasteiger partial charge is 0.235 e. The van der Waals surface area contributed by atoms with Gasteiger partial charge in [0, 0.05) is 24.3 Å². The minimum absolute atomic E-state index is 0.754. The van der Waals surface area contributed by atoms with Gasteiger partial charge in [-0.05, 0) is 30.3 Å². The maximum absolute atomic E-state index is 4.73. The molecular weight excluding hydrogens is 344 g/mol. The average molecular weight is 363 g/mol. The molecule has 1 aromatic heterocycles. The molecule has 4 nitrogen and oxygen atoms in total. The Bertz CT molecular complexity index is 1180. The minimum atomic E-state index is 0.754. The number of benzene rings is 3. The highest BCUT2D eigenvalue weighted by Gasteiger charge is 2.21. The summed E-state index contributed by atoms with van der Waals surface area (Å²) < 4.78 is 2.12. The highest BCUT2D eigenvalue weighted by atomic mass is 15.1. The van der Waals surface area contributed by atoms with Gasteiger partial charge in [0.05, 0.1) is 11.4 Å². The van der Waals surface area contributed by atoms with E-state index in [1.807, 2.05) is 66.7 Å². The highest BCUT2D eigenvalue weighted by molar-refractivity contribution is 5.77. The lowest BCUT2D eigenvalue weighted by atomic mass is 10.2. The van der Waals surface area contributed by atoms with E-state index in [0.717, 1.165) is 39.5 Å². The zero-order chi connectivity index (χ0) is 19.3. The van der Waals surface area contributed by atoms with Gasteiger partial charge in [0.25, 0.3) is 0 Å². The van der Waals surface area contributed by atoms with Crippen molar-refractivity contribution in [2.24, 2.45) is 10.2 Å². The summed E-state index contributed by atoms with van der Waals surface area (Å²) in [5.74, 6) is 0. The van der Waals surface area contributed by atoms with Crippen LogP contribution in [0.2, 0.25) is 0 Å². The van der Waals surface area contributed by atoms with Crippen LogP contribution in [0.25, 0.3) is 28.9 Å². The Balaban J connectivity index is 1.93. The Morgan fingerprint density at radius 2 is 1.43 bits per heavy atom. The van der Waals surface area contributed by atoms with Crippen molar-refractivity contribution >= 4 is 34.6 Å². The van der Waals surface area contributed by atoms with Crippen molar-refractivity contribution in [3.8, 4) is 5.69 Å². The molecule has 0 bridgehead atoms. The van der Waals surface area contributed by atoms with Crippen molar-refractivity contribution < 1.29 is 4.57 Å². The maximum Gasteiger partial charge on any atom is 0.239 e. The van der Waals surface area contributed by atoms with Gasteiger partial charge < -0.3 is 0 Å². The molecule has 0 aliphatic rings. The van der Waals surface area contributed by atoms with Crippen molar-refractivity contribution in [2.45, 2.75) is 0 Å². The van der Waals surface area contributed by atoms with Crippen LogP contribution in [-0.2, 0) is 0 Å². The van der Waals surface area contributed by atoms with Crippen LogP contribution in [0, 0.1) is 0 Å². The number of para-hydroxylation sites is 1. The molecule has 0 unspecified atom stereocenters. The largest absolute Gasteiger partial charge is 0.239 e. The van der Waals surface area contributed by atoms with Gasteiger partial charge in [0.2, 0.25) is 16.9 Å². The second-order valence-corrected chi connectivity index (χ2v) is 6.17. The van der Waals surface area contributed by atoms with Crippen LogP contribution in [0.3, 0.4) is 0 Å². The predicted octanol–water partition coefficient (Wildman–Crippen LogP) is 6.21. The molecule has 4 heteroatoms. The zero-order valence-corrected chi connectivity index (χ0v) is 15.4. The Hall–Kier alpha value is -3.92. The summed E-state index contributed by atoms with van der Waals surface area (Å²) in [5, 5.41) is 8.72. The molecule has 0 N–H and O–H groups in total. The molecule has 28 heavy (non-hydrogen) atoms. The number of hydrogen-bond donors (Lipinski definition) is 0. The average Bonchev–Trinajstić information content (AvgIpc) is 2.77. The fraction of sp³-hybridized carbons (Fsp3) is 0. The molecule has 134 valence electrons. The molecule has 0 saturated carbocycles. The Morgan fingerprint density at radius 3 is 2.11 bits per heavy atom. The minimum Gasteiger partial charge on any atom is -0.235 e. The third-order valence-electron chi connectivity index (χ3n) is 4.38. The summed E-state index contributed by atoms with van der Waals surface area (Å²) in [7, 11) is 0. The first kappa shape index (κ1) is 17.5. The van der Waals surface area contributed by atoms with Gasteiger partial charge in [-0.25, -0.2) is 4.98 Å². The fourth-order valence-corrected chi connectivity index (χ4v) is 3.09. The fourth-order valence-electron chi connectivity index (χ4n) is 3.09. The van der Waals surface area contributed by atoms with Gasteiger partial charge in [-0.3, -0.25) is 0 Å². The summed E-state index contributed by atoms with van der Waals surface area (Å²) >= 11 is 0. The molecule has 0 radical (unpaired) electrons. The number of aromatic nitrogens is 2. The SMILES string of the molecule is C=Cc1nc2ccc(N=Nc3ccccc3)cc2[n+](-c2ccccc2)c1C=C. The molecule has 0 saturated heterocycles. The number of azo groups is 1. The molecule has 3 aromatic carbocycles. The third-order valence-corrected chi connectivity index (χ3v) is 4.38. The van der Waals surface area contributed by atoms with Crippen LogP contribution in [-0.4, -0.2) is 4.98 Å². The van der Waals surface area contributed by atoms with Crippen LogP contribution in [0.1, 0.15) is 11.4 Å². The summed E-state index contributed by atoms with van der Waals surface area (Å²) in [6.45, 7) is 7.88. The van der Waals surface area contributed by atoms with Gasteiger partial charge in [0.1, 0.15) is 11.2 Å². The summed E-state index contributed by atoms with van der Waals surface area (Å²) in [5.41, 5.74) is 6.02. The number of rotatable bonds is 5. The van der Waals surface area contributed by atoms with E-state index < -0.39 is 0 Å². The van der Waals surface area contributed by atoms with Gasteiger partial charge in [-0.15, -0.1) is 4.57 Å². The van der Waals surface area contributed by atoms with E-state index in [4.69, 9.17) is 4.98 Å². The number of fused-ring (bicyclic) bond motifs is 1. The number of hydrogen-bond acceptors (Lipinski definition) is 3. The summed E-state index contributed by atoms with van der Waals surface area (Å²) in [4.78, 5) is 4.73. The molecule has 0 aliphatic carbocycles.